The number of fused-ring (bicyclic) bond motifs is 1. The molecule has 27 heavy (non-hydrogen) atoms. The molecule has 0 amide bonds. The summed E-state index contributed by atoms with van der Waals surface area (Å²) in [4.78, 5) is 13.2. The highest BCUT2D eigenvalue weighted by Gasteiger charge is 2.37. The Hall–Kier alpha value is -2.02. The Kier molecular flexibility index (Phi) is 5.12. The van der Waals surface area contributed by atoms with E-state index in [1.54, 1.807) is 6.33 Å². The zero-order valence-electron chi connectivity index (χ0n) is 15.3. The maximum absolute atomic E-state index is 11.2. The monoisotopic (exact) mass is 426 g/mol. The number of hydrogen-bond donors (Lipinski definition) is 1. The van der Waals surface area contributed by atoms with Gasteiger partial charge in [0.2, 0.25) is 0 Å². The number of anilines is 1. The summed E-state index contributed by atoms with van der Waals surface area (Å²) in [6, 6.07) is 16.4. The summed E-state index contributed by atoms with van der Waals surface area (Å²) in [7, 11) is 1.99. The minimum absolute atomic E-state index is 0.539. The van der Waals surface area contributed by atoms with Gasteiger partial charge in [-0.25, -0.2) is 9.97 Å². The van der Waals surface area contributed by atoms with Gasteiger partial charge in [-0.1, -0.05) is 46.3 Å². The summed E-state index contributed by atoms with van der Waals surface area (Å²) in [6.45, 7) is 2.97. The van der Waals surface area contributed by atoms with E-state index < -0.39 is 5.60 Å². The van der Waals surface area contributed by atoms with Gasteiger partial charge < -0.3 is 10.0 Å². The lowest BCUT2D eigenvalue weighted by Crippen LogP contribution is -2.44. The first kappa shape index (κ1) is 18.3. The third kappa shape index (κ3) is 4.13. The number of halogens is 1. The molecule has 0 bridgehead atoms. The normalized spacial score (nSPS) is 20.3. The molecule has 5 nitrogen and oxygen atoms in total. The molecule has 0 spiro atoms. The summed E-state index contributed by atoms with van der Waals surface area (Å²) >= 11 is 3.52. The summed E-state index contributed by atoms with van der Waals surface area (Å²) in [6.07, 6.45) is 2.35. The van der Waals surface area contributed by atoms with Gasteiger partial charge in [-0.15, -0.1) is 0 Å². The molecule has 1 unspecified atom stereocenters. The standard InChI is InChI=1S/C21H23BrN4O/c1-25(20-18-11-17(22)7-8-19(18)23-15-24-20)13-21(27)9-10-26(14-21)12-16-5-3-2-4-6-16/h2-8,11,15,27H,9-10,12-14H2,1H3. The molecule has 0 radical (unpaired) electrons. The van der Waals surface area contributed by atoms with Gasteiger partial charge in [0.15, 0.2) is 0 Å². The Morgan fingerprint density at radius 1 is 1.19 bits per heavy atom. The van der Waals surface area contributed by atoms with Crippen molar-refractivity contribution in [2.75, 3.05) is 31.6 Å². The molecule has 1 fully saturated rings. The van der Waals surface area contributed by atoms with Crippen molar-refractivity contribution >= 4 is 32.7 Å². The number of likely N-dealkylation sites (tertiary alicyclic amines) is 1. The van der Waals surface area contributed by atoms with Crippen LogP contribution in [0.5, 0.6) is 0 Å². The molecular weight excluding hydrogens is 404 g/mol. The Morgan fingerprint density at radius 3 is 2.81 bits per heavy atom. The molecule has 0 saturated carbocycles. The molecule has 1 saturated heterocycles. The third-order valence-electron chi connectivity index (χ3n) is 5.13. The van der Waals surface area contributed by atoms with E-state index in [4.69, 9.17) is 0 Å². The van der Waals surface area contributed by atoms with Crippen molar-refractivity contribution in [1.29, 1.82) is 0 Å². The summed E-state index contributed by atoms with van der Waals surface area (Å²) in [5.41, 5.74) is 1.44. The van der Waals surface area contributed by atoms with E-state index >= 15 is 0 Å². The number of benzene rings is 2. The predicted octanol–water partition coefficient (Wildman–Crippen LogP) is 3.47. The molecule has 4 rings (SSSR count). The molecule has 140 valence electrons. The van der Waals surface area contributed by atoms with Crippen LogP contribution in [-0.4, -0.2) is 52.3 Å². The number of rotatable bonds is 5. The second-order valence-corrected chi connectivity index (χ2v) is 8.30. The van der Waals surface area contributed by atoms with Gasteiger partial charge >= 0.3 is 0 Å². The molecule has 2 aromatic carbocycles. The van der Waals surface area contributed by atoms with Gasteiger partial charge in [0.1, 0.15) is 12.1 Å². The highest BCUT2D eigenvalue weighted by molar-refractivity contribution is 9.10. The average molecular weight is 427 g/mol. The topological polar surface area (TPSA) is 52.5 Å². The molecular formula is C21H23BrN4O. The molecule has 3 aromatic rings. The van der Waals surface area contributed by atoms with Crippen molar-refractivity contribution in [3.05, 3.63) is 64.9 Å². The van der Waals surface area contributed by atoms with Crippen LogP contribution in [0, 0.1) is 0 Å². The smallest absolute Gasteiger partial charge is 0.139 e. The number of nitrogens with zero attached hydrogens (tertiary/aromatic N) is 4. The summed E-state index contributed by atoms with van der Waals surface area (Å²) in [5.74, 6) is 0.844. The molecule has 0 aliphatic carbocycles. The van der Waals surface area contributed by atoms with E-state index in [0.717, 1.165) is 40.7 Å². The highest BCUT2D eigenvalue weighted by Crippen LogP contribution is 2.29. The lowest BCUT2D eigenvalue weighted by Gasteiger charge is -2.30. The van der Waals surface area contributed by atoms with Crippen LogP contribution < -0.4 is 4.90 Å². The van der Waals surface area contributed by atoms with Crippen LogP contribution in [0.3, 0.4) is 0 Å². The van der Waals surface area contributed by atoms with Crippen LogP contribution >= 0.6 is 15.9 Å². The van der Waals surface area contributed by atoms with E-state index in [1.807, 2.05) is 36.2 Å². The molecule has 1 aliphatic rings. The lowest BCUT2D eigenvalue weighted by molar-refractivity contribution is 0.0561. The summed E-state index contributed by atoms with van der Waals surface area (Å²) in [5, 5.41) is 12.1. The number of hydrogen-bond acceptors (Lipinski definition) is 5. The number of likely N-dealkylation sites (N-methyl/N-ethyl adjacent to an activating group) is 1. The van der Waals surface area contributed by atoms with Gasteiger partial charge in [-0.2, -0.15) is 0 Å². The molecule has 1 atom stereocenters. The Bertz CT molecular complexity index is 936. The minimum Gasteiger partial charge on any atom is -0.387 e. The first-order valence-corrected chi connectivity index (χ1v) is 9.92. The molecule has 1 aromatic heterocycles. The Labute approximate surface area is 167 Å². The van der Waals surface area contributed by atoms with Crippen LogP contribution in [0.25, 0.3) is 10.9 Å². The minimum atomic E-state index is -0.743. The van der Waals surface area contributed by atoms with Gasteiger partial charge in [-0.3, -0.25) is 4.90 Å². The Morgan fingerprint density at radius 2 is 2.00 bits per heavy atom. The van der Waals surface area contributed by atoms with E-state index in [0.29, 0.717) is 13.1 Å². The number of aromatic nitrogens is 2. The van der Waals surface area contributed by atoms with Gasteiger partial charge in [0, 0.05) is 43.1 Å². The van der Waals surface area contributed by atoms with Gasteiger partial charge in [0.25, 0.3) is 0 Å². The quantitative estimate of drug-likeness (QED) is 0.676. The summed E-state index contributed by atoms with van der Waals surface area (Å²) < 4.78 is 0.994. The maximum atomic E-state index is 11.2. The van der Waals surface area contributed by atoms with Gasteiger partial charge in [-0.05, 0) is 30.2 Å². The maximum Gasteiger partial charge on any atom is 0.139 e. The molecule has 1 N–H and O–H groups in total. The fourth-order valence-corrected chi connectivity index (χ4v) is 4.24. The molecule has 1 aliphatic heterocycles. The zero-order chi connectivity index (χ0) is 18.9. The van der Waals surface area contributed by atoms with Crippen molar-refractivity contribution in [2.24, 2.45) is 0 Å². The van der Waals surface area contributed by atoms with Crippen molar-refractivity contribution in [2.45, 2.75) is 18.6 Å². The average Bonchev–Trinajstić information content (AvgIpc) is 3.02. The molecule has 2 heterocycles. The predicted molar refractivity (Wildman–Crippen MR) is 112 cm³/mol. The second kappa shape index (κ2) is 7.54. The third-order valence-corrected chi connectivity index (χ3v) is 5.62. The highest BCUT2D eigenvalue weighted by atomic mass is 79.9. The van der Waals surface area contributed by atoms with E-state index in [-0.39, 0.29) is 0 Å². The zero-order valence-corrected chi connectivity index (χ0v) is 16.9. The van der Waals surface area contributed by atoms with Crippen LogP contribution in [-0.2, 0) is 6.54 Å². The number of β-amino-alcohol motifs (C(OH)–C–C–N with tert-alkyl or cyclic N) is 1. The first-order chi connectivity index (χ1) is 13.0. The van der Waals surface area contributed by atoms with Crippen LogP contribution in [0.4, 0.5) is 5.82 Å². The SMILES string of the molecule is CN(CC1(O)CCN(Cc2ccccc2)C1)c1ncnc2ccc(Br)cc12. The van der Waals surface area contributed by atoms with E-state index in [2.05, 4.69) is 55.1 Å². The fraction of sp³-hybridized carbons (Fsp3) is 0.333. The fourth-order valence-electron chi connectivity index (χ4n) is 3.88. The lowest BCUT2D eigenvalue weighted by atomic mass is 10.0. The van der Waals surface area contributed by atoms with E-state index in [1.165, 1.54) is 5.56 Å². The van der Waals surface area contributed by atoms with Crippen molar-refractivity contribution in [3.63, 3.8) is 0 Å². The number of aliphatic hydroxyl groups is 1. The van der Waals surface area contributed by atoms with Crippen molar-refractivity contribution in [1.82, 2.24) is 14.9 Å². The van der Waals surface area contributed by atoms with Gasteiger partial charge in [0.05, 0.1) is 11.1 Å². The first-order valence-electron chi connectivity index (χ1n) is 9.12. The van der Waals surface area contributed by atoms with Crippen LogP contribution in [0.2, 0.25) is 0 Å². The van der Waals surface area contributed by atoms with Crippen molar-refractivity contribution in [3.8, 4) is 0 Å². The van der Waals surface area contributed by atoms with Crippen LogP contribution in [0.1, 0.15) is 12.0 Å². The molecule has 6 heteroatoms. The van der Waals surface area contributed by atoms with Crippen molar-refractivity contribution < 1.29 is 5.11 Å². The Balaban J connectivity index is 1.48. The second-order valence-electron chi connectivity index (χ2n) is 7.39. The van der Waals surface area contributed by atoms with Crippen LogP contribution in [0.15, 0.2) is 59.3 Å². The largest absolute Gasteiger partial charge is 0.387 e. The van der Waals surface area contributed by atoms with E-state index in [9.17, 15) is 5.11 Å².